The maximum Gasteiger partial charge on any atom is 0.278 e. The van der Waals surface area contributed by atoms with E-state index in [1.807, 2.05) is 12.1 Å². The van der Waals surface area contributed by atoms with Gasteiger partial charge in [0.15, 0.2) is 5.82 Å². The van der Waals surface area contributed by atoms with Gasteiger partial charge < -0.3 is 0 Å². The van der Waals surface area contributed by atoms with Gasteiger partial charge in [-0.05, 0) is 36.0 Å². The summed E-state index contributed by atoms with van der Waals surface area (Å²) in [4.78, 5) is 24.0. The zero-order valence-electron chi connectivity index (χ0n) is 12.7. The second-order valence-electron chi connectivity index (χ2n) is 5.07. The molecule has 3 heterocycles. The van der Waals surface area contributed by atoms with Crippen LogP contribution in [0.1, 0.15) is 0 Å². The van der Waals surface area contributed by atoms with Gasteiger partial charge in [-0.1, -0.05) is 0 Å². The molecule has 0 spiro atoms. The summed E-state index contributed by atoms with van der Waals surface area (Å²) in [6, 6.07) is 8.60. The van der Waals surface area contributed by atoms with Crippen LogP contribution in [0.25, 0.3) is 22.2 Å². The Morgan fingerprint density at radius 2 is 1.80 bits per heavy atom. The quantitative estimate of drug-likeness (QED) is 0.443. The van der Waals surface area contributed by atoms with Crippen molar-refractivity contribution in [3.05, 3.63) is 65.2 Å². The van der Waals surface area contributed by atoms with Gasteiger partial charge in [0.05, 0.1) is 10.3 Å². The lowest BCUT2D eigenvalue weighted by Crippen LogP contribution is -1.91. The Morgan fingerprint density at radius 3 is 2.60 bits per heavy atom. The number of rotatable bonds is 4. The Kier molecular flexibility index (Phi) is 3.82. The molecule has 4 rings (SSSR count). The number of non-ortho nitro benzene ring substituents is 1. The van der Waals surface area contributed by atoms with Crippen molar-refractivity contribution < 1.29 is 4.92 Å². The van der Waals surface area contributed by atoms with E-state index < -0.39 is 4.92 Å². The van der Waals surface area contributed by atoms with Gasteiger partial charge in [-0.15, -0.1) is 5.10 Å². The minimum Gasteiger partial charge on any atom is -0.265 e. The van der Waals surface area contributed by atoms with Crippen LogP contribution in [-0.4, -0.2) is 30.1 Å². The third-order valence-electron chi connectivity index (χ3n) is 3.57. The number of fused-ring (bicyclic) bond motifs is 1. The van der Waals surface area contributed by atoms with E-state index in [9.17, 15) is 10.1 Å². The van der Waals surface area contributed by atoms with Crippen LogP contribution in [0.2, 0.25) is 0 Å². The second-order valence-corrected chi connectivity index (χ2v) is 6.07. The van der Waals surface area contributed by atoms with Crippen LogP contribution in [0.4, 0.5) is 5.69 Å². The number of hydrogen-bond acceptors (Lipinski definition) is 7. The van der Waals surface area contributed by atoms with Crippen molar-refractivity contribution in [3.8, 4) is 11.4 Å². The van der Waals surface area contributed by atoms with E-state index in [0.717, 1.165) is 15.8 Å². The highest BCUT2D eigenvalue weighted by Gasteiger charge is 2.16. The van der Waals surface area contributed by atoms with Gasteiger partial charge in [0, 0.05) is 46.7 Å². The fourth-order valence-corrected chi connectivity index (χ4v) is 3.27. The number of nitrogens with one attached hydrogen (secondary N) is 1. The zero-order valence-corrected chi connectivity index (χ0v) is 13.5. The van der Waals surface area contributed by atoms with Gasteiger partial charge in [0.25, 0.3) is 5.69 Å². The smallest absolute Gasteiger partial charge is 0.265 e. The Hall–Kier alpha value is -3.33. The maximum atomic E-state index is 11.2. The first-order valence-corrected chi connectivity index (χ1v) is 8.06. The van der Waals surface area contributed by atoms with E-state index in [1.165, 1.54) is 24.0 Å². The van der Waals surface area contributed by atoms with Crippen LogP contribution < -0.4 is 0 Å². The standard InChI is InChI=1S/C16H10N6O2S/c23-22(24)13-1-2-14(11-5-8-18-9-12(11)13)25-16-19-15(20-21-16)10-3-6-17-7-4-10/h1-9H,(H,19,20,21). The van der Waals surface area contributed by atoms with Gasteiger partial charge in [0.1, 0.15) is 0 Å². The fraction of sp³-hybridized carbons (Fsp3) is 0. The Morgan fingerprint density at radius 1 is 1.00 bits per heavy atom. The Labute approximate surface area is 145 Å². The third kappa shape index (κ3) is 2.92. The number of hydrogen-bond donors (Lipinski definition) is 1. The highest BCUT2D eigenvalue weighted by molar-refractivity contribution is 7.99. The number of nitro benzene ring substituents is 1. The molecule has 25 heavy (non-hydrogen) atoms. The van der Waals surface area contributed by atoms with E-state index in [0.29, 0.717) is 16.4 Å². The number of H-pyrrole nitrogens is 1. The highest BCUT2D eigenvalue weighted by atomic mass is 32.2. The summed E-state index contributed by atoms with van der Waals surface area (Å²) in [5.74, 6) is 0.637. The lowest BCUT2D eigenvalue weighted by atomic mass is 10.1. The molecule has 1 N–H and O–H groups in total. The lowest BCUT2D eigenvalue weighted by molar-refractivity contribution is -0.383. The van der Waals surface area contributed by atoms with Crippen LogP contribution in [0.3, 0.4) is 0 Å². The van der Waals surface area contributed by atoms with Crippen LogP contribution in [0, 0.1) is 10.1 Å². The van der Waals surface area contributed by atoms with Crippen molar-refractivity contribution in [2.75, 3.05) is 0 Å². The molecule has 0 aliphatic rings. The molecule has 4 aromatic rings. The first kappa shape index (κ1) is 15.2. The maximum absolute atomic E-state index is 11.2. The molecule has 0 amide bonds. The third-order valence-corrected chi connectivity index (χ3v) is 4.51. The molecule has 0 fully saturated rings. The minimum atomic E-state index is -0.410. The van der Waals surface area contributed by atoms with Gasteiger partial charge in [-0.25, -0.2) is 4.98 Å². The summed E-state index contributed by atoms with van der Waals surface area (Å²) >= 11 is 1.33. The molecule has 0 radical (unpaired) electrons. The van der Waals surface area contributed by atoms with Gasteiger partial charge in [0.2, 0.25) is 5.16 Å². The molecule has 0 unspecified atom stereocenters. The van der Waals surface area contributed by atoms with Crippen molar-refractivity contribution in [3.63, 3.8) is 0 Å². The monoisotopic (exact) mass is 350 g/mol. The predicted octanol–water partition coefficient (Wildman–Crippen LogP) is 3.47. The minimum absolute atomic E-state index is 0.0277. The Bertz CT molecular complexity index is 1070. The fourth-order valence-electron chi connectivity index (χ4n) is 2.43. The number of aromatic amines is 1. The SMILES string of the molecule is O=[N+]([O-])c1ccc(Sc2n[nH]c(-c3ccncc3)n2)c2ccncc12. The summed E-state index contributed by atoms with van der Waals surface area (Å²) in [6.45, 7) is 0. The molecule has 0 saturated heterocycles. The molecular formula is C16H10N6O2S. The Balaban J connectivity index is 1.71. The molecule has 0 saturated carbocycles. The van der Waals surface area contributed by atoms with Crippen LogP contribution in [-0.2, 0) is 0 Å². The molecule has 3 aromatic heterocycles. The first-order chi connectivity index (χ1) is 12.2. The summed E-state index contributed by atoms with van der Waals surface area (Å²) < 4.78 is 0. The number of nitro groups is 1. The van der Waals surface area contributed by atoms with E-state index >= 15 is 0 Å². The van der Waals surface area contributed by atoms with E-state index in [4.69, 9.17) is 0 Å². The van der Waals surface area contributed by atoms with Crippen molar-refractivity contribution in [1.29, 1.82) is 0 Å². The number of benzene rings is 1. The number of nitrogens with zero attached hydrogens (tertiary/aromatic N) is 5. The van der Waals surface area contributed by atoms with E-state index in [-0.39, 0.29) is 5.69 Å². The summed E-state index contributed by atoms with van der Waals surface area (Å²) in [7, 11) is 0. The number of aromatic nitrogens is 5. The normalized spacial score (nSPS) is 10.9. The molecule has 1 aromatic carbocycles. The lowest BCUT2D eigenvalue weighted by Gasteiger charge is -2.04. The topological polar surface area (TPSA) is 110 Å². The summed E-state index contributed by atoms with van der Waals surface area (Å²) in [5.41, 5.74) is 0.909. The predicted molar refractivity (Wildman–Crippen MR) is 92.1 cm³/mol. The molecule has 122 valence electrons. The largest absolute Gasteiger partial charge is 0.278 e. The van der Waals surface area contributed by atoms with Crippen LogP contribution >= 0.6 is 11.8 Å². The van der Waals surface area contributed by atoms with Gasteiger partial charge in [-0.2, -0.15) is 0 Å². The first-order valence-electron chi connectivity index (χ1n) is 7.24. The molecule has 0 atom stereocenters. The highest BCUT2D eigenvalue weighted by Crippen LogP contribution is 2.36. The average molecular weight is 350 g/mol. The van der Waals surface area contributed by atoms with Crippen molar-refractivity contribution in [2.24, 2.45) is 0 Å². The molecule has 9 heteroatoms. The van der Waals surface area contributed by atoms with Crippen molar-refractivity contribution in [1.82, 2.24) is 25.1 Å². The van der Waals surface area contributed by atoms with Crippen molar-refractivity contribution >= 4 is 28.2 Å². The van der Waals surface area contributed by atoms with Gasteiger partial charge in [-0.3, -0.25) is 25.2 Å². The summed E-state index contributed by atoms with van der Waals surface area (Å²) in [5, 5.41) is 20.0. The van der Waals surface area contributed by atoms with Crippen molar-refractivity contribution in [2.45, 2.75) is 10.1 Å². The van der Waals surface area contributed by atoms with E-state index in [2.05, 4.69) is 25.1 Å². The molecule has 0 aliphatic heterocycles. The average Bonchev–Trinajstić information content (AvgIpc) is 3.11. The molecule has 0 aliphatic carbocycles. The van der Waals surface area contributed by atoms with Crippen LogP contribution in [0.5, 0.6) is 0 Å². The summed E-state index contributed by atoms with van der Waals surface area (Å²) in [6.07, 6.45) is 6.47. The number of pyridine rings is 2. The molecular weight excluding hydrogens is 340 g/mol. The second kappa shape index (κ2) is 6.29. The molecule has 0 bridgehead atoms. The zero-order chi connectivity index (χ0) is 17.2. The van der Waals surface area contributed by atoms with E-state index in [1.54, 1.807) is 30.7 Å². The van der Waals surface area contributed by atoms with Gasteiger partial charge >= 0.3 is 0 Å². The molecule has 8 nitrogen and oxygen atoms in total. The van der Waals surface area contributed by atoms with Crippen LogP contribution in [0.15, 0.2) is 65.2 Å².